The van der Waals surface area contributed by atoms with E-state index in [4.69, 9.17) is 16.9 Å². The first-order valence-electron chi connectivity index (χ1n) is 5.36. The molecule has 2 nitrogen and oxygen atoms in total. The van der Waals surface area contributed by atoms with Crippen LogP contribution in [0.3, 0.4) is 0 Å². The Labute approximate surface area is 128 Å². The highest BCUT2D eigenvalue weighted by molar-refractivity contribution is 9.10. The summed E-state index contributed by atoms with van der Waals surface area (Å²) in [7, 11) is 1.80. The van der Waals surface area contributed by atoms with Gasteiger partial charge in [0.15, 0.2) is 5.82 Å². The molecule has 0 saturated heterocycles. The summed E-state index contributed by atoms with van der Waals surface area (Å²) in [6.07, 6.45) is 0. The second-order valence-electron chi connectivity index (χ2n) is 3.93. The highest BCUT2D eigenvalue weighted by atomic mass is 79.9. The third kappa shape index (κ3) is 3.08. The van der Waals surface area contributed by atoms with Gasteiger partial charge in [-0.15, -0.1) is 11.3 Å². The van der Waals surface area contributed by atoms with Crippen molar-refractivity contribution in [1.29, 1.82) is 5.26 Å². The number of benzene rings is 1. The Morgan fingerprint density at radius 3 is 2.74 bits per heavy atom. The van der Waals surface area contributed by atoms with Crippen LogP contribution in [-0.2, 0) is 6.54 Å². The summed E-state index contributed by atoms with van der Waals surface area (Å²) in [5.41, 5.74) is 0.726. The van der Waals surface area contributed by atoms with Crippen molar-refractivity contribution in [3.05, 3.63) is 49.3 Å². The largest absolute Gasteiger partial charge is 0.367 e. The molecule has 6 heteroatoms. The van der Waals surface area contributed by atoms with E-state index in [1.165, 1.54) is 11.3 Å². The fourth-order valence-corrected chi connectivity index (χ4v) is 3.24. The number of rotatable bonds is 3. The van der Waals surface area contributed by atoms with Crippen molar-refractivity contribution >= 4 is 44.6 Å². The third-order valence-electron chi connectivity index (χ3n) is 2.62. The molecule has 2 rings (SSSR count). The topological polar surface area (TPSA) is 27.0 Å². The Morgan fingerprint density at radius 2 is 2.16 bits per heavy atom. The van der Waals surface area contributed by atoms with Crippen molar-refractivity contribution in [2.24, 2.45) is 0 Å². The maximum Gasteiger partial charge on any atom is 0.161 e. The Kier molecular flexibility index (Phi) is 4.46. The van der Waals surface area contributed by atoms with Crippen molar-refractivity contribution in [1.82, 2.24) is 0 Å². The van der Waals surface area contributed by atoms with Gasteiger partial charge in [-0.05, 0) is 40.2 Å². The summed E-state index contributed by atoms with van der Waals surface area (Å²) in [6.45, 7) is 0.562. The van der Waals surface area contributed by atoms with Gasteiger partial charge in [0.25, 0.3) is 0 Å². The molecule has 98 valence electrons. The van der Waals surface area contributed by atoms with Crippen LogP contribution >= 0.6 is 38.9 Å². The monoisotopic (exact) mass is 358 g/mol. The standard InChI is InChI=1S/C13H9BrClFN2S/c1-18(7-9-3-5-11(15)19-9)10-4-2-8(6-17)12(14)13(10)16/h2-5H,7H2,1H3. The molecule has 0 fully saturated rings. The van der Waals surface area contributed by atoms with Crippen molar-refractivity contribution in [3.8, 4) is 6.07 Å². The zero-order chi connectivity index (χ0) is 14.0. The van der Waals surface area contributed by atoms with Gasteiger partial charge >= 0.3 is 0 Å². The van der Waals surface area contributed by atoms with Crippen molar-refractivity contribution in [3.63, 3.8) is 0 Å². The highest BCUT2D eigenvalue weighted by Crippen LogP contribution is 2.30. The van der Waals surface area contributed by atoms with E-state index < -0.39 is 5.82 Å². The molecule has 0 atom stereocenters. The maximum absolute atomic E-state index is 14.1. The zero-order valence-corrected chi connectivity index (χ0v) is 13.1. The van der Waals surface area contributed by atoms with Crippen LogP contribution in [0.15, 0.2) is 28.7 Å². The molecule has 0 amide bonds. The number of anilines is 1. The normalized spacial score (nSPS) is 10.3. The molecule has 2 aromatic rings. The smallest absolute Gasteiger partial charge is 0.161 e. The summed E-state index contributed by atoms with van der Waals surface area (Å²) >= 11 is 10.4. The van der Waals surface area contributed by atoms with E-state index in [2.05, 4.69) is 15.9 Å². The molecule has 0 radical (unpaired) electrons. The predicted molar refractivity (Wildman–Crippen MR) is 80.3 cm³/mol. The van der Waals surface area contributed by atoms with Crippen LogP contribution in [0.25, 0.3) is 0 Å². The molecule has 1 aromatic heterocycles. The van der Waals surface area contributed by atoms with Crippen LogP contribution in [0.2, 0.25) is 4.34 Å². The number of halogens is 3. The van der Waals surface area contributed by atoms with Crippen LogP contribution in [0.4, 0.5) is 10.1 Å². The number of nitrogens with zero attached hydrogens (tertiary/aromatic N) is 2. The predicted octanol–water partition coefficient (Wildman–Crippen LogP) is 4.81. The average molecular weight is 360 g/mol. The average Bonchev–Trinajstić information content (AvgIpc) is 2.78. The van der Waals surface area contributed by atoms with Gasteiger partial charge in [0.2, 0.25) is 0 Å². The summed E-state index contributed by atoms with van der Waals surface area (Å²) in [5, 5.41) is 8.84. The highest BCUT2D eigenvalue weighted by Gasteiger charge is 2.14. The molecule has 0 saturated carbocycles. The number of hydrogen-bond acceptors (Lipinski definition) is 3. The van der Waals surface area contributed by atoms with Gasteiger partial charge in [-0.3, -0.25) is 0 Å². The van der Waals surface area contributed by atoms with Crippen LogP contribution in [0.1, 0.15) is 10.4 Å². The minimum Gasteiger partial charge on any atom is -0.367 e. The minimum absolute atomic E-state index is 0.198. The van der Waals surface area contributed by atoms with E-state index in [0.29, 0.717) is 16.6 Å². The summed E-state index contributed by atoms with van der Waals surface area (Å²) in [4.78, 5) is 2.83. The lowest BCUT2D eigenvalue weighted by atomic mass is 10.2. The number of nitriles is 1. The molecule has 0 N–H and O–H groups in total. The molecular weight excluding hydrogens is 351 g/mol. The molecule has 1 heterocycles. The Morgan fingerprint density at radius 1 is 1.42 bits per heavy atom. The zero-order valence-electron chi connectivity index (χ0n) is 9.95. The molecule has 19 heavy (non-hydrogen) atoms. The van der Waals surface area contributed by atoms with Crippen molar-refractivity contribution < 1.29 is 4.39 Å². The second kappa shape index (κ2) is 5.91. The van der Waals surface area contributed by atoms with Gasteiger partial charge in [-0.25, -0.2) is 4.39 Å². The first-order chi connectivity index (χ1) is 9.02. The molecule has 1 aromatic carbocycles. The first-order valence-corrected chi connectivity index (χ1v) is 7.35. The molecule has 0 aliphatic rings. The fourth-order valence-electron chi connectivity index (χ4n) is 1.68. The van der Waals surface area contributed by atoms with E-state index in [-0.39, 0.29) is 10.0 Å². The summed E-state index contributed by atoms with van der Waals surface area (Å²) < 4.78 is 15.1. The van der Waals surface area contributed by atoms with Crippen LogP contribution in [0, 0.1) is 17.1 Å². The molecule has 0 spiro atoms. The van der Waals surface area contributed by atoms with E-state index in [9.17, 15) is 4.39 Å². The first kappa shape index (κ1) is 14.3. The van der Waals surface area contributed by atoms with E-state index in [1.807, 2.05) is 18.2 Å². The third-order valence-corrected chi connectivity index (χ3v) is 4.61. The van der Waals surface area contributed by atoms with E-state index in [0.717, 1.165) is 4.88 Å². The van der Waals surface area contributed by atoms with Gasteiger partial charge < -0.3 is 4.90 Å². The van der Waals surface area contributed by atoms with Crippen LogP contribution in [-0.4, -0.2) is 7.05 Å². The molecule has 0 aliphatic heterocycles. The maximum atomic E-state index is 14.1. The lowest BCUT2D eigenvalue weighted by Crippen LogP contribution is -2.17. The molecule has 0 unspecified atom stereocenters. The lowest BCUT2D eigenvalue weighted by Gasteiger charge is -2.19. The van der Waals surface area contributed by atoms with Gasteiger partial charge in [0, 0.05) is 11.9 Å². The molecular formula is C13H9BrClFN2S. The number of hydrogen-bond donors (Lipinski definition) is 0. The van der Waals surface area contributed by atoms with Gasteiger partial charge in [-0.2, -0.15) is 5.26 Å². The Balaban J connectivity index is 2.27. The van der Waals surface area contributed by atoms with Crippen molar-refractivity contribution in [2.75, 3.05) is 11.9 Å². The van der Waals surface area contributed by atoms with Gasteiger partial charge in [0.05, 0.1) is 26.6 Å². The van der Waals surface area contributed by atoms with Gasteiger partial charge in [-0.1, -0.05) is 11.6 Å². The molecule has 0 bridgehead atoms. The van der Waals surface area contributed by atoms with Gasteiger partial charge in [0.1, 0.15) is 6.07 Å². The molecule has 0 aliphatic carbocycles. The Hall–Kier alpha value is -1.09. The SMILES string of the molecule is CN(Cc1ccc(Cl)s1)c1ccc(C#N)c(Br)c1F. The number of thiophene rings is 1. The fraction of sp³-hybridized carbons (Fsp3) is 0.154. The quantitative estimate of drug-likeness (QED) is 0.786. The summed E-state index contributed by atoms with van der Waals surface area (Å²) in [5.74, 6) is -0.427. The Bertz CT molecular complexity index is 651. The van der Waals surface area contributed by atoms with E-state index >= 15 is 0 Å². The summed E-state index contributed by atoms with van der Waals surface area (Å²) in [6, 6.07) is 8.87. The van der Waals surface area contributed by atoms with Crippen LogP contribution < -0.4 is 4.90 Å². The minimum atomic E-state index is -0.427. The lowest BCUT2D eigenvalue weighted by molar-refractivity contribution is 0.615. The van der Waals surface area contributed by atoms with Crippen LogP contribution in [0.5, 0.6) is 0 Å². The second-order valence-corrected chi connectivity index (χ2v) is 6.53. The van der Waals surface area contributed by atoms with E-state index in [1.54, 1.807) is 24.1 Å². The van der Waals surface area contributed by atoms with Crippen molar-refractivity contribution in [2.45, 2.75) is 6.54 Å².